The summed E-state index contributed by atoms with van der Waals surface area (Å²) in [5.74, 6) is 0.207. The van der Waals surface area contributed by atoms with Gasteiger partial charge in [-0.3, -0.25) is 4.79 Å². The van der Waals surface area contributed by atoms with Crippen LogP contribution in [0.5, 0.6) is 11.5 Å². The van der Waals surface area contributed by atoms with Crippen molar-refractivity contribution in [1.82, 2.24) is 4.98 Å². The number of phenols is 1. The van der Waals surface area contributed by atoms with E-state index in [4.69, 9.17) is 10.5 Å². The van der Waals surface area contributed by atoms with E-state index in [0.717, 1.165) is 0 Å². The fraction of sp³-hybridized carbons (Fsp3) is 0.0769. The Balaban J connectivity index is 2.18. The Bertz CT molecular complexity index is 597. The number of pyridine rings is 1. The number of phenolic OH excluding ortho intramolecular Hbond substituents is 1. The van der Waals surface area contributed by atoms with E-state index in [-0.39, 0.29) is 11.3 Å². The largest absolute Gasteiger partial charge is 0.507 e. The van der Waals surface area contributed by atoms with Crippen molar-refractivity contribution >= 4 is 17.4 Å². The van der Waals surface area contributed by atoms with E-state index in [0.29, 0.717) is 17.3 Å². The molecule has 0 bridgehead atoms. The van der Waals surface area contributed by atoms with Gasteiger partial charge in [-0.1, -0.05) is 0 Å². The lowest BCUT2D eigenvalue weighted by Gasteiger charge is -2.07. The lowest BCUT2D eigenvalue weighted by Crippen LogP contribution is -2.13. The van der Waals surface area contributed by atoms with Crippen LogP contribution in [0.1, 0.15) is 10.4 Å². The minimum atomic E-state index is -0.461. The van der Waals surface area contributed by atoms with Gasteiger partial charge in [0.05, 0.1) is 24.6 Å². The number of hydrogen-bond acceptors (Lipinski definition) is 5. The molecule has 4 N–H and O–H groups in total. The summed E-state index contributed by atoms with van der Waals surface area (Å²) in [6.45, 7) is 0. The summed E-state index contributed by atoms with van der Waals surface area (Å²) in [5, 5.41) is 12.3. The van der Waals surface area contributed by atoms with Crippen LogP contribution in [0.3, 0.4) is 0 Å². The van der Waals surface area contributed by atoms with Crippen LogP contribution in [-0.2, 0) is 0 Å². The molecule has 2 rings (SSSR count). The monoisotopic (exact) mass is 259 g/mol. The van der Waals surface area contributed by atoms with E-state index in [1.807, 2.05) is 0 Å². The Hall–Kier alpha value is -2.76. The number of methoxy groups -OCH3 is 1. The highest BCUT2D eigenvalue weighted by Gasteiger charge is 2.12. The second kappa shape index (κ2) is 5.26. The van der Waals surface area contributed by atoms with Crippen molar-refractivity contribution in [2.45, 2.75) is 0 Å². The number of amides is 1. The predicted molar refractivity (Wildman–Crippen MR) is 71.3 cm³/mol. The molecule has 0 spiro atoms. The van der Waals surface area contributed by atoms with Gasteiger partial charge in [-0.15, -0.1) is 0 Å². The van der Waals surface area contributed by atoms with Crippen molar-refractivity contribution in [1.29, 1.82) is 0 Å². The van der Waals surface area contributed by atoms with Gasteiger partial charge in [0.15, 0.2) is 0 Å². The minimum absolute atomic E-state index is 0.138. The zero-order chi connectivity index (χ0) is 13.8. The van der Waals surface area contributed by atoms with Crippen LogP contribution in [0.25, 0.3) is 0 Å². The zero-order valence-electron chi connectivity index (χ0n) is 10.3. The third-order valence-corrected chi connectivity index (χ3v) is 2.48. The lowest BCUT2D eigenvalue weighted by atomic mass is 10.2. The van der Waals surface area contributed by atoms with Crippen LogP contribution >= 0.6 is 0 Å². The molecule has 0 aliphatic rings. The number of aromatic hydroxyl groups is 1. The lowest BCUT2D eigenvalue weighted by molar-refractivity contribution is 0.102. The van der Waals surface area contributed by atoms with Gasteiger partial charge in [0.25, 0.3) is 5.91 Å². The van der Waals surface area contributed by atoms with Crippen molar-refractivity contribution in [3.05, 3.63) is 42.1 Å². The predicted octanol–water partition coefficient (Wildman–Crippen LogP) is 1.63. The van der Waals surface area contributed by atoms with Gasteiger partial charge in [-0.2, -0.15) is 0 Å². The number of carbonyl (C=O) groups is 1. The topological polar surface area (TPSA) is 97.5 Å². The molecule has 6 nitrogen and oxygen atoms in total. The van der Waals surface area contributed by atoms with Gasteiger partial charge >= 0.3 is 0 Å². The molecular weight excluding hydrogens is 246 g/mol. The molecule has 0 atom stereocenters. The summed E-state index contributed by atoms with van der Waals surface area (Å²) in [7, 11) is 1.48. The average Bonchev–Trinajstić information content (AvgIpc) is 2.41. The molecule has 6 heteroatoms. The molecule has 1 amide bonds. The number of nitrogens with zero attached hydrogens (tertiary/aromatic N) is 1. The molecule has 98 valence electrons. The number of ether oxygens (including phenoxy) is 1. The molecule has 19 heavy (non-hydrogen) atoms. The normalized spacial score (nSPS) is 9.95. The highest BCUT2D eigenvalue weighted by Crippen LogP contribution is 2.24. The molecule has 0 unspecified atom stereocenters. The summed E-state index contributed by atoms with van der Waals surface area (Å²) in [5.41, 5.74) is 6.14. The van der Waals surface area contributed by atoms with Crippen LogP contribution in [0.15, 0.2) is 36.5 Å². The Morgan fingerprint density at radius 2 is 2.16 bits per heavy atom. The van der Waals surface area contributed by atoms with Crippen molar-refractivity contribution in [2.75, 3.05) is 18.2 Å². The van der Waals surface area contributed by atoms with Gasteiger partial charge in [0, 0.05) is 6.07 Å². The smallest absolute Gasteiger partial charge is 0.260 e. The Morgan fingerprint density at radius 3 is 2.74 bits per heavy atom. The van der Waals surface area contributed by atoms with Crippen LogP contribution < -0.4 is 15.8 Å². The first-order chi connectivity index (χ1) is 9.10. The molecule has 1 aromatic heterocycles. The molecule has 2 aromatic rings. The molecule has 1 heterocycles. The molecule has 0 saturated heterocycles. The number of nitrogens with one attached hydrogen (secondary N) is 1. The third-order valence-electron chi connectivity index (χ3n) is 2.48. The highest BCUT2D eigenvalue weighted by atomic mass is 16.5. The number of carbonyl (C=O) groups excluding carboxylic acids is 1. The molecule has 0 saturated carbocycles. The third kappa shape index (κ3) is 2.92. The summed E-state index contributed by atoms with van der Waals surface area (Å²) in [4.78, 5) is 15.9. The number of benzene rings is 1. The van der Waals surface area contributed by atoms with Gasteiger partial charge in [-0.05, 0) is 24.3 Å². The second-order valence-corrected chi connectivity index (χ2v) is 3.81. The number of nitrogens with two attached hydrogens (primary N) is 1. The van der Waals surface area contributed by atoms with Crippen LogP contribution in [0.4, 0.5) is 11.5 Å². The summed E-state index contributed by atoms with van der Waals surface area (Å²) >= 11 is 0. The molecule has 0 radical (unpaired) electrons. The maximum atomic E-state index is 11.9. The zero-order valence-corrected chi connectivity index (χ0v) is 10.3. The minimum Gasteiger partial charge on any atom is -0.507 e. The number of aromatic nitrogens is 1. The number of nitrogen functional groups attached to an aromatic ring is 1. The van der Waals surface area contributed by atoms with E-state index in [2.05, 4.69) is 10.3 Å². The van der Waals surface area contributed by atoms with Crippen LogP contribution in [0, 0.1) is 0 Å². The van der Waals surface area contributed by atoms with Gasteiger partial charge in [0.1, 0.15) is 17.3 Å². The first-order valence-electron chi connectivity index (χ1n) is 5.50. The quantitative estimate of drug-likeness (QED) is 0.778. The molecule has 0 aliphatic carbocycles. The summed E-state index contributed by atoms with van der Waals surface area (Å²) < 4.78 is 4.94. The van der Waals surface area contributed by atoms with Crippen molar-refractivity contribution in [3.63, 3.8) is 0 Å². The van der Waals surface area contributed by atoms with Crippen molar-refractivity contribution < 1.29 is 14.6 Å². The van der Waals surface area contributed by atoms with Crippen molar-refractivity contribution in [3.8, 4) is 11.5 Å². The first-order valence-corrected chi connectivity index (χ1v) is 5.50. The van der Waals surface area contributed by atoms with E-state index < -0.39 is 5.91 Å². The van der Waals surface area contributed by atoms with E-state index in [9.17, 15) is 9.90 Å². The summed E-state index contributed by atoms with van der Waals surface area (Å²) in [6, 6.07) is 7.63. The van der Waals surface area contributed by atoms with E-state index in [1.54, 1.807) is 18.2 Å². The molecular formula is C13H13N3O3. The van der Waals surface area contributed by atoms with E-state index >= 15 is 0 Å². The maximum absolute atomic E-state index is 11.9. The fourth-order valence-corrected chi connectivity index (χ4v) is 1.49. The van der Waals surface area contributed by atoms with Crippen LogP contribution in [0.2, 0.25) is 0 Å². The Morgan fingerprint density at radius 1 is 1.37 bits per heavy atom. The van der Waals surface area contributed by atoms with Gasteiger partial charge in [-0.25, -0.2) is 4.98 Å². The van der Waals surface area contributed by atoms with E-state index in [1.165, 1.54) is 25.4 Å². The second-order valence-electron chi connectivity index (χ2n) is 3.81. The standard InChI is InChI=1S/C13H13N3O3/c1-19-9-3-4-10(11(17)6-9)13(18)16-12-5-2-8(14)7-15-12/h2-7,17H,14H2,1H3,(H,15,16,18). The first kappa shape index (κ1) is 12.7. The SMILES string of the molecule is COc1ccc(C(=O)Nc2ccc(N)cn2)c(O)c1. The number of hydrogen-bond donors (Lipinski definition) is 3. The Kier molecular flexibility index (Phi) is 3.51. The van der Waals surface area contributed by atoms with Gasteiger partial charge in [0.2, 0.25) is 0 Å². The number of anilines is 2. The molecule has 1 aromatic carbocycles. The number of rotatable bonds is 3. The molecule has 0 aliphatic heterocycles. The Labute approximate surface area is 109 Å². The summed E-state index contributed by atoms with van der Waals surface area (Å²) in [6.07, 6.45) is 1.43. The maximum Gasteiger partial charge on any atom is 0.260 e. The van der Waals surface area contributed by atoms with Crippen LogP contribution in [-0.4, -0.2) is 23.1 Å². The van der Waals surface area contributed by atoms with Gasteiger partial charge < -0.3 is 20.9 Å². The average molecular weight is 259 g/mol. The fourth-order valence-electron chi connectivity index (χ4n) is 1.49. The van der Waals surface area contributed by atoms with Crippen molar-refractivity contribution in [2.24, 2.45) is 0 Å². The molecule has 0 fully saturated rings. The highest BCUT2D eigenvalue weighted by molar-refractivity contribution is 6.05.